The maximum atomic E-state index is 7.05. The zero-order chi connectivity index (χ0) is 10.1. The zero-order valence-corrected chi connectivity index (χ0v) is 7.36. The van der Waals surface area contributed by atoms with Crippen molar-refractivity contribution in [3.05, 3.63) is 35.4 Å². The number of rotatable bonds is 0. The molecule has 1 heterocycles. The van der Waals surface area contributed by atoms with Gasteiger partial charge in [-0.15, -0.1) is 0 Å². The zero-order valence-electron chi connectivity index (χ0n) is 7.36. The average Bonchev–Trinajstić information content (AvgIpc) is 2.44. The van der Waals surface area contributed by atoms with Crippen LogP contribution >= 0.6 is 0 Å². The standard InChI is InChI=1S/C9H9N5/c10-7-5-3-1-2-4-6(5)8(13-7)14-9(11)12/h1-4H,(H5,10,11,12,13,14). The lowest BCUT2D eigenvalue weighted by atomic mass is 10.1. The molecule has 0 spiro atoms. The van der Waals surface area contributed by atoms with Crippen LogP contribution in [0.4, 0.5) is 0 Å². The molecule has 0 bridgehead atoms. The van der Waals surface area contributed by atoms with Gasteiger partial charge in [-0.1, -0.05) is 24.3 Å². The summed E-state index contributed by atoms with van der Waals surface area (Å²) in [6.45, 7) is 0. The van der Waals surface area contributed by atoms with E-state index in [1.807, 2.05) is 24.3 Å². The molecule has 14 heavy (non-hydrogen) atoms. The van der Waals surface area contributed by atoms with Gasteiger partial charge in [0, 0.05) is 11.1 Å². The molecule has 1 aromatic rings. The molecule has 5 N–H and O–H groups in total. The molecule has 0 fully saturated rings. The maximum Gasteiger partial charge on any atom is 0.214 e. The lowest BCUT2D eigenvalue weighted by Gasteiger charge is -1.96. The predicted octanol–water partition coefficient (Wildman–Crippen LogP) is 0.0456. The lowest BCUT2D eigenvalue weighted by molar-refractivity contribution is 1.37. The third-order valence-corrected chi connectivity index (χ3v) is 1.90. The number of benzene rings is 1. The van der Waals surface area contributed by atoms with Crippen LogP contribution in [0.1, 0.15) is 11.1 Å². The van der Waals surface area contributed by atoms with Crippen molar-refractivity contribution < 1.29 is 0 Å². The quantitative estimate of drug-likeness (QED) is 0.394. The van der Waals surface area contributed by atoms with Gasteiger partial charge in [-0.05, 0) is 0 Å². The Kier molecular flexibility index (Phi) is 1.78. The molecule has 1 aromatic carbocycles. The van der Waals surface area contributed by atoms with Crippen LogP contribution in [0.2, 0.25) is 0 Å². The number of hydrogen-bond acceptors (Lipinski definition) is 2. The first-order valence-electron chi connectivity index (χ1n) is 4.05. The predicted molar refractivity (Wildman–Crippen MR) is 55.6 cm³/mol. The highest BCUT2D eigenvalue weighted by Gasteiger charge is 2.18. The van der Waals surface area contributed by atoms with E-state index in [-0.39, 0.29) is 5.96 Å². The van der Waals surface area contributed by atoms with Gasteiger partial charge >= 0.3 is 0 Å². The van der Waals surface area contributed by atoms with Gasteiger partial charge in [0.1, 0.15) is 5.84 Å². The van der Waals surface area contributed by atoms with Crippen molar-refractivity contribution in [1.29, 1.82) is 5.41 Å². The van der Waals surface area contributed by atoms with Crippen LogP contribution in [0, 0.1) is 5.41 Å². The highest BCUT2D eigenvalue weighted by atomic mass is 15.1. The Labute approximate surface area is 80.7 Å². The van der Waals surface area contributed by atoms with Gasteiger partial charge in [-0.3, -0.25) is 5.41 Å². The Balaban J connectivity index is 2.57. The summed E-state index contributed by atoms with van der Waals surface area (Å²) in [7, 11) is 0. The minimum Gasteiger partial charge on any atom is -0.383 e. The number of fused-ring (bicyclic) bond motifs is 1. The van der Waals surface area contributed by atoms with E-state index >= 15 is 0 Å². The molecule has 0 saturated heterocycles. The molecule has 0 radical (unpaired) electrons. The van der Waals surface area contributed by atoms with E-state index in [4.69, 9.17) is 16.9 Å². The second-order valence-electron chi connectivity index (χ2n) is 2.86. The van der Waals surface area contributed by atoms with Crippen molar-refractivity contribution in [2.75, 3.05) is 0 Å². The van der Waals surface area contributed by atoms with Gasteiger partial charge in [0.15, 0.2) is 5.84 Å². The highest BCUT2D eigenvalue weighted by Crippen LogP contribution is 2.16. The molecular weight excluding hydrogens is 178 g/mol. The molecule has 1 aliphatic heterocycles. The summed E-state index contributed by atoms with van der Waals surface area (Å²) in [5, 5.41) is 7.05. The van der Waals surface area contributed by atoms with Crippen LogP contribution in [0.25, 0.3) is 0 Å². The number of nitrogens with two attached hydrogens (primary N) is 2. The van der Waals surface area contributed by atoms with Gasteiger partial charge in [0.25, 0.3) is 0 Å². The first-order valence-corrected chi connectivity index (χ1v) is 4.05. The Morgan fingerprint density at radius 1 is 1.29 bits per heavy atom. The number of guanidine groups is 1. The molecule has 0 aliphatic carbocycles. The smallest absolute Gasteiger partial charge is 0.214 e. The van der Waals surface area contributed by atoms with Crippen molar-refractivity contribution in [2.24, 2.45) is 21.5 Å². The van der Waals surface area contributed by atoms with E-state index in [2.05, 4.69) is 9.98 Å². The van der Waals surface area contributed by atoms with Crippen LogP contribution in [-0.2, 0) is 0 Å². The Morgan fingerprint density at radius 3 is 2.57 bits per heavy atom. The third-order valence-electron chi connectivity index (χ3n) is 1.90. The molecule has 5 heteroatoms. The summed E-state index contributed by atoms with van der Waals surface area (Å²) >= 11 is 0. The van der Waals surface area contributed by atoms with Crippen molar-refractivity contribution in [2.45, 2.75) is 0 Å². The van der Waals surface area contributed by atoms with Gasteiger partial charge < -0.3 is 11.5 Å². The summed E-state index contributed by atoms with van der Waals surface area (Å²) < 4.78 is 0. The van der Waals surface area contributed by atoms with Gasteiger partial charge in [-0.2, -0.15) is 4.99 Å². The molecule has 1 aliphatic rings. The van der Waals surface area contributed by atoms with E-state index in [0.29, 0.717) is 11.7 Å². The van der Waals surface area contributed by atoms with Crippen LogP contribution < -0.4 is 11.5 Å². The van der Waals surface area contributed by atoms with E-state index in [1.54, 1.807) is 0 Å². The Hall–Kier alpha value is -2.17. The Morgan fingerprint density at radius 2 is 1.93 bits per heavy atom. The first-order chi connectivity index (χ1) is 6.68. The monoisotopic (exact) mass is 187 g/mol. The number of nitrogens with one attached hydrogen (secondary N) is 1. The molecule has 70 valence electrons. The normalized spacial score (nSPS) is 16.6. The van der Waals surface area contributed by atoms with E-state index < -0.39 is 0 Å². The summed E-state index contributed by atoms with van der Waals surface area (Å²) in [5.41, 5.74) is 12.5. The minimum absolute atomic E-state index is 0.270. The fourth-order valence-corrected chi connectivity index (χ4v) is 1.34. The average molecular weight is 187 g/mol. The van der Waals surface area contributed by atoms with Crippen molar-refractivity contribution in [3.63, 3.8) is 0 Å². The highest BCUT2D eigenvalue weighted by molar-refractivity contribution is 6.23. The second-order valence-corrected chi connectivity index (χ2v) is 2.86. The molecule has 0 atom stereocenters. The van der Waals surface area contributed by atoms with E-state index in [0.717, 1.165) is 11.1 Å². The maximum absolute atomic E-state index is 7.05. The number of hydrogen-bond donors (Lipinski definition) is 3. The number of aliphatic imine (C=N–C) groups is 2. The van der Waals surface area contributed by atoms with E-state index in [1.165, 1.54) is 0 Å². The van der Waals surface area contributed by atoms with Crippen molar-refractivity contribution >= 4 is 17.6 Å². The number of nitrogens with zero attached hydrogens (tertiary/aromatic N) is 2. The Bertz CT molecular complexity index is 458. The van der Waals surface area contributed by atoms with Gasteiger partial charge in [-0.25, -0.2) is 4.99 Å². The molecule has 5 nitrogen and oxygen atoms in total. The van der Waals surface area contributed by atoms with Crippen LogP contribution in [0.15, 0.2) is 34.3 Å². The molecule has 0 amide bonds. The van der Waals surface area contributed by atoms with Crippen LogP contribution in [0.5, 0.6) is 0 Å². The SMILES string of the molecule is N=C(N)N=C1N=C(N)c2ccccc21. The van der Waals surface area contributed by atoms with Crippen molar-refractivity contribution in [1.82, 2.24) is 0 Å². The summed E-state index contributed by atoms with van der Waals surface area (Å²) in [4.78, 5) is 7.80. The molecular formula is C9H9N5. The van der Waals surface area contributed by atoms with Crippen molar-refractivity contribution in [3.8, 4) is 0 Å². The summed E-state index contributed by atoms with van der Waals surface area (Å²) in [6, 6.07) is 7.44. The molecule has 2 rings (SSSR count). The summed E-state index contributed by atoms with van der Waals surface area (Å²) in [6.07, 6.45) is 0. The summed E-state index contributed by atoms with van der Waals surface area (Å²) in [5.74, 6) is 0.555. The first kappa shape index (κ1) is 8.43. The minimum atomic E-state index is -0.270. The lowest BCUT2D eigenvalue weighted by Crippen LogP contribution is -2.09. The fraction of sp³-hybridized carbons (Fsp3) is 0. The largest absolute Gasteiger partial charge is 0.383 e. The van der Waals surface area contributed by atoms with Crippen LogP contribution in [-0.4, -0.2) is 17.6 Å². The van der Waals surface area contributed by atoms with Gasteiger partial charge in [0.2, 0.25) is 5.96 Å². The topological polar surface area (TPSA) is 101 Å². The van der Waals surface area contributed by atoms with Gasteiger partial charge in [0.05, 0.1) is 0 Å². The molecule has 0 saturated carbocycles. The number of amidine groups is 2. The third kappa shape index (κ3) is 1.24. The molecule has 0 aromatic heterocycles. The van der Waals surface area contributed by atoms with E-state index in [9.17, 15) is 0 Å². The van der Waals surface area contributed by atoms with Crippen LogP contribution in [0.3, 0.4) is 0 Å². The molecule has 0 unspecified atom stereocenters. The fourth-order valence-electron chi connectivity index (χ4n) is 1.34. The second kappa shape index (κ2) is 2.95.